The molecule has 3 aromatic rings. The van der Waals surface area contributed by atoms with E-state index in [1.54, 1.807) is 36.4 Å². The van der Waals surface area contributed by atoms with Crippen LogP contribution in [0.4, 0.5) is 0 Å². The van der Waals surface area contributed by atoms with E-state index in [9.17, 15) is 14.4 Å². The number of pyridine rings is 1. The summed E-state index contributed by atoms with van der Waals surface area (Å²) in [6.07, 6.45) is 0.344. The van der Waals surface area contributed by atoms with Gasteiger partial charge in [0, 0.05) is 30.6 Å². The Morgan fingerprint density at radius 2 is 1.74 bits per heavy atom. The van der Waals surface area contributed by atoms with Gasteiger partial charge in [0.05, 0.1) is 24.3 Å². The summed E-state index contributed by atoms with van der Waals surface area (Å²) >= 11 is 0. The van der Waals surface area contributed by atoms with Gasteiger partial charge in [0.25, 0.3) is 5.56 Å². The van der Waals surface area contributed by atoms with Crippen LogP contribution in [0.3, 0.4) is 0 Å². The van der Waals surface area contributed by atoms with Crippen LogP contribution in [-0.2, 0) is 15.9 Å². The van der Waals surface area contributed by atoms with Crippen LogP contribution in [0.15, 0.2) is 53.3 Å². The first-order valence-electron chi connectivity index (χ1n) is 9.95. The van der Waals surface area contributed by atoms with E-state index in [2.05, 4.69) is 4.98 Å². The number of carbonyl (C=O) groups excluding carboxylic acids is 1. The number of carboxylic acids is 1. The second-order valence-corrected chi connectivity index (χ2v) is 7.40. The van der Waals surface area contributed by atoms with Gasteiger partial charge >= 0.3 is 11.9 Å². The minimum Gasteiger partial charge on any atom is -0.478 e. The summed E-state index contributed by atoms with van der Waals surface area (Å²) in [5.41, 5.74) is 2.34. The van der Waals surface area contributed by atoms with Crippen LogP contribution in [0, 0.1) is 0 Å². The number of rotatable bonds is 6. The fourth-order valence-electron chi connectivity index (χ4n) is 3.46. The van der Waals surface area contributed by atoms with Crippen molar-refractivity contribution >= 4 is 22.8 Å². The van der Waals surface area contributed by atoms with Gasteiger partial charge in [-0.1, -0.05) is 12.1 Å². The molecule has 160 valence electrons. The Hall–Kier alpha value is -3.49. The van der Waals surface area contributed by atoms with Crippen molar-refractivity contribution in [3.05, 3.63) is 81.1 Å². The van der Waals surface area contributed by atoms with Gasteiger partial charge in [0.2, 0.25) is 0 Å². The van der Waals surface area contributed by atoms with E-state index >= 15 is 0 Å². The molecule has 0 saturated carbocycles. The topological polar surface area (TPSA) is 109 Å². The number of aromatic nitrogens is 1. The Labute approximate surface area is 178 Å². The number of aromatic carboxylic acids is 1. The lowest BCUT2D eigenvalue weighted by atomic mass is 10.0. The predicted molar refractivity (Wildman–Crippen MR) is 113 cm³/mol. The quantitative estimate of drug-likeness (QED) is 0.587. The average molecular weight is 422 g/mol. The molecule has 0 spiro atoms. The lowest BCUT2D eigenvalue weighted by molar-refractivity contribution is -0.0209. The molecular formula is C23H22N2O6. The molecule has 0 bridgehead atoms. The van der Waals surface area contributed by atoms with Gasteiger partial charge < -0.3 is 19.6 Å². The molecule has 4 rings (SSSR count). The van der Waals surface area contributed by atoms with Crippen molar-refractivity contribution in [3.8, 4) is 0 Å². The summed E-state index contributed by atoms with van der Waals surface area (Å²) in [4.78, 5) is 40.7. The largest absolute Gasteiger partial charge is 0.478 e. The number of esters is 1. The lowest BCUT2D eigenvalue weighted by Crippen LogP contribution is -2.38. The molecule has 8 heteroatoms. The van der Waals surface area contributed by atoms with E-state index in [4.69, 9.17) is 14.6 Å². The van der Waals surface area contributed by atoms with Crippen LogP contribution in [-0.4, -0.2) is 60.0 Å². The summed E-state index contributed by atoms with van der Waals surface area (Å²) in [7, 11) is 0. The first-order chi connectivity index (χ1) is 15.0. The zero-order valence-corrected chi connectivity index (χ0v) is 16.8. The fraction of sp³-hybridized carbons (Fsp3) is 0.261. The summed E-state index contributed by atoms with van der Waals surface area (Å²) in [6.45, 7) is 2.92. The number of carboxylic acid groups (broad SMARTS) is 1. The number of nitrogens with one attached hydrogen (secondary N) is 1. The number of hydrogen-bond donors (Lipinski definition) is 2. The molecule has 1 aromatic heterocycles. The highest BCUT2D eigenvalue weighted by Crippen LogP contribution is 2.17. The molecular weight excluding hydrogens is 400 g/mol. The van der Waals surface area contributed by atoms with Gasteiger partial charge in [-0.15, -0.1) is 0 Å². The number of hydrogen-bond acceptors (Lipinski definition) is 6. The monoisotopic (exact) mass is 422 g/mol. The third-order valence-corrected chi connectivity index (χ3v) is 5.23. The minimum absolute atomic E-state index is 0.191. The normalized spacial score (nSPS) is 14.5. The number of nitrogens with zero attached hydrogens (tertiary/aromatic N) is 1. The van der Waals surface area contributed by atoms with Crippen LogP contribution in [0.25, 0.3) is 10.9 Å². The lowest BCUT2D eigenvalue weighted by Gasteiger charge is -2.25. The van der Waals surface area contributed by atoms with E-state index in [1.807, 2.05) is 4.90 Å². The fourth-order valence-corrected chi connectivity index (χ4v) is 3.46. The number of benzene rings is 2. The molecule has 1 aliphatic heterocycles. The second-order valence-electron chi connectivity index (χ2n) is 7.40. The zero-order chi connectivity index (χ0) is 21.8. The van der Waals surface area contributed by atoms with Crippen molar-refractivity contribution in [3.63, 3.8) is 0 Å². The van der Waals surface area contributed by atoms with E-state index in [1.165, 1.54) is 12.1 Å². The van der Waals surface area contributed by atoms with Crippen molar-refractivity contribution in [2.45, 2.75) is 6.42 Å². The van der Waals surface area contributed by atoms with Crippen LogP contribution < -0.4 is 5.56 Å². The molecule has 2 heterocycles. The van der Waals surface area contributed by atoms with Crippen LogP contribution in [0.5, 0.6) is 0 Å². The Bertz CT molecular complexity index is 1160. The molecule has 31 heavy (non-hydrogen) atoms. The van der Waals surface area contributed by atoms with Crippen molar-refractivity contribution < 1.29 is 24.2 Å². The molecule has 8 nitrogen and oxygen atoms in total. The summed E-state index contributed by atoms with van der Waals surface area (Å²) in [5, 5.41) is 9.73. The highest BCUT2D eigenvalue weighted by atomic mass is 16.5. The molecule has 0 unspecified atom stereocenters. The van der Waals surface area contributed by atoms with Crippen LogP contribution in [0.1, 0.15) is 31.8 Å². The Morgan fingerprint density at radius 3 is 2.45 bits per heavy atom. The van der Waals surface area contributed by atoms with Gasteiger partial charge in [-0.05, 0) is 47.3 Å². The summed E-state index contributed by atoms with van der Waals surface area (Å²) < 4.78 is 10.7. The van der Waals surface area contributed by atoms with Gasteiger partial charge in [-0.3, -0.25) is 9.69 Å². The van der Waals surface area contributed by atoms with Gasteiger partial charge in [-0.2, -0.15) is 0 Å². The average Bonchev–Trinajstić information content (AvgIpc) is 2.78. The molecule has 1 aliphatic rings. The van der Waals surface area contributed by atoms with E-state index in [-0.39, 0.29) is 17.9 Å². The van der Waals surface area contributed by atoms with Crippen LogP contribution in [0.2, 0.25) is 0 Å². The number of aromatic amines is 1. The summed E-state index contributed by atoms with van der Waals surface area (Å²) in [6, 6.07) is 13.2. The van der Waals surface area contributed by atoms with E-state index in [0.29, 0.717) is 36.3 Å². The molecule has 0 aliphatic carbocycles. The maximum Gasteiger partial charge on any atom is 0.339 e. The molecule has 2 aromatic carbocycles. The standard InChI is InChI=1S/C23H22N2O6/c26-21-19(11-15-1-3-16(4-2-15)22(27)28)13-18-12-17(5-6-20(18)24-21)23(29)31-14-25-7-9-30-10-8-25/h1-6,12-13H,7-11,14H2,(H,24,26)(H,27,28). The molecule has 0 amide bonds. The second kappa shape index (κ2) is 9.11. The highest BCUT2D eigenvalue weighted by Gasteiger charge is 2.14. The first-order valence-corrected chi connectivity index (χ1v) is 9.95. The number of ether oxygens (including phenoxy) is 2. The number of H-pyrrole nitrogens is 1. The highest BCUT2D eigenvalue weighted by molar-refractivity contribution is 5.94. The number of fused-ring (bicyclic) bond motifs is 1. The molecule has 0 radical (unpaired) electrons. The Kier molecular flexibility index (Phi) is 6.11. The maximum atomic E-state index is 12.5. The van der Waals surface area contributed by atoms with Crippen molar-refractivity contribution in [1.29, 1.82) is 0 Å². The SMILES string of the molecule is O=C(O)c1ccc(Cc2cc3cc(C(=O)OCN4CCOCC4)ccc3[nH]c2=O)cc1. The zero-order valence-electron chi connectivity index (χ0n) is 16.8. The maximum absolute atomic E-state index is 12.5. The molecule has 1 saturated heterocycles. The van der Waals surface area contributed by atoms with Crippen molar-refractivity contribution in [2.75, 3.05) is 33.0 Å². The molecule has 0 atom stereocenters. The summed E-state index contributed by atoms with van der Waals surface area (Å²) in [5.74, 6) is -1.42. The third kappa shape index (κ3) is 4.99. The predicted octanol–water partition coefficient (Wildman–Crippen LogP) is 2.26. The smallest absolute Gasteiger partial charge is 0.339 e. The molecule has 1 fully saturated rings. The van der Waals surface area contributed by atoms with Crippen molar-refractivity contribution in [1.82, 2.24) is 9.88 Å². The third-order valence-electron chi connectivity index (χ3n) is 5.23. The minimum atomic E-state index is -0.997. The first kappa shape index (κ1) is 20.8. The van der Waals surface area contributed by atoms with E-state index < -0.39 is 11.9 Å². The van der Waals surface area contributed by atoms with Crippen molar-refractivity contribution in [2.24, 2.45) is 0 Å². The van der Waals surface area contributed by atoms with Crippen LogP contribution >= 0.6 is 0 Å². The van der Waals surface area contributed by atoms with Gasteiger partial charge in [0.15, 0.2) is 0 Å². The number of morpholine rings is 1. The Morgan fingerprint density at radius 1 is 1.03 bits per heavy atom. The van der Waals surface area contributed by atoms with Gasteiger partial charge in [-0.25, -0.2) is 9.59 Å². The van der Waals surface area contributed by atoms with Gasteiger partial charge in [0.1, 0.15) is 6.73 Å². The Balaban J connectivity index is 1.51. The molecule has 2 N–H and O–H groups in total. The van der Waals surface area contributed by atoms with E-state index in [0.717, 1.165) is 24.0 Å². The number of carbonyl (C=O) groups is 2.